The second-order valence-corrected chi connectivity index (χ2v) is 5.08. The maximum Gasteiger partial charge on any atom is 0.191 e. The van der Waals surface area contributed by atoms with Gasteiger partial charge in [-0.05, 0) is 43.8 Å². The molecule has 1 aromatic rings. The molecule has 0 heterocycles. The molecule has 0 radical (unpaired) electrons. The Kier molecular flexibility index (Phi) is 9.07. The zero-order valence-corrected chi connectivity index (χ0v) is 14.4. The highest BCUT2D eigenvalue weighted by molar-refractivity contribution is 5.79. The Morgan fingerprint density at radius 2 is 2.00 bits per heavy atom. The number of benzene rings is 1. The fourth-order valence-electron chi connectivity index (χ4n) is 2.24. The van der Waals surface area contributed by atoms with E-state index in [-0.39, 0.29) is 0 Å². The fourth-order valence-corrected chi connectivity index (χ4v) is 2.24. The van der Waals surface area contributed by atoms with Crippen LogP contribution >= 0.6 is 0 Å². The summed E-state index contributed by atoms with van der Waals surface area (Å²) in [4.78, 5) is 6.68. The summed E-state index contributed by atoms with van der Waals surface area (Å²) in [6.45, 7) is 9.39. The van der Waals surface area contributed by atoms with Crippen LogP contribution < -0.4 is 15.4 Å². The topological polar surface area (TPSA) is 48.9 Å². The largest absolute Gasteiger partial charge is 0.497 e. The molecule has 22 heavy (non-hydrogen) atoms. The molecule has 0 aliphatic heterocycles. The highest BCUT2D eigenvalue weighted by atomic mass is 16.5. The normalized spacial score (nSPS) is 11.6. The number of nitrogens with one attached hydrogen (secondary N) is 2. The van der Waals surface area contributed by atoms with Crippen LogP contribution in [0.15, 0.2) is 29.3 Å². The summed E-state index contributed by atoms with van der Waals surface area (Å²) in [6, 6.07) is 8.05. The van der Waals surface area contributed by atoms with Gasteiger partial charge in [0.1, 0.15) is 5.75 Å². The van der Waals surface area contributed by atoms with Crippen molar-refractivity contribution in [2.24, 2.45) is 4.99 Å². The monoisotopic (exact) mass is 306 g/mol. The molecule has 0 bridgehead atoms. The highest BCUT2D eigenvalue weighted by Gasteiger charge is 2.01. The maximum atomic E-state index is 5.23. The van der Waals surface area contributed by atoms with Gasteiger partial charge in [0.2, 0.25) is 0 Å². The number of hydrogen-bond donors (Lipinski definition) is 2. The summed E-state index contributed by atoms with van der Waals surface area (Å²) >= 11 is 0. The van der Waals surface area contributed by atoms with Gasteiger partial charge in [0.25, 0.3) is 0 Å². The van der Waals surface area contributed by atoms with Crippen molar-refractivity contribution >= 4 is 5.96 Å². The molecule has 5 heteroatoms. The van der Waals surface area contributed by atoms with E-state index in [2.05, 4.69) is 40.4 Å². The Hall–Kier alpha value is -1.75. The lowest BCUT2D eigenvalue weighted by Gasteiger charge is -2.18. The Morgan fingerprint density at radius 1 is 1.23 bits per heavy atom. The summed E-state index contributed by atoms with van der Waals surface area (Å²) in [5, 5.41) is 6.68. The third kappa shape index (κ3) is 6.80. The van der Waals surface area contributed by atoms with Crippen LogP contribution in [0.4, 0.5) is 0 Å². The molecule has 0 fully saturated rings. The number of nitrogens with zero attached hydrogens (tertiary/aromatic N) is 2. The second-order valence-electron chi connectivity index (χ2n) is 5.08. The lowest BCUT2D eigenvalue weighted by atomic mass is 10.2. The molecule has 0 aliphatic rings. The van der Waals surface area contributed by atoms with Crippen LogP contribution in [0, 0.1) is 0 Å². The number of guanidine groups is 1. The Balaban J connectivity index is 2.30. The van der Waals surface area contributed by atoms with E-state index in [1.165, 1.54) is 5.56 Å². The van der Waals surface area contributed by atoms with Crippen molar-refractivity contribution in [2.45, 2.75) is 26.8 Å². The number of rotatable bonds is 9. The molecular formula is C17H30N4O. The van der Waals surface area contributed by atoms with E-state index in [9.17, 15) is 0 Å². The molecule has 1 aromatic carbocycles. The van der Waals surface area contributed by atoms with Gasteiger partial charge < -0.3 is 20.3 Å². The van der Waals surface area contributed by atoms with Gasteiger partial charge in [0, 0.05) is 20.1 Å². The van der Waals surface area contributed by atoms with Crippen LogP contribution in [0.5, 0.6) is 5.75 Å². The van der Waals surface area contributed by atoms with Crippen LogP contribution in [0.2, 0.25) is 0 Å². The molecule has 0 spiro atoms. The van der Waals surface area contributed by atoms with Gasteiger partial charge in [0.05, 0.1) is 7.11 Å². The lowest BCUT2D eigenvalue weighted by Crippen LogP contribution is -2.38. The van der Waals surface area contributed by atoms with E-state index in [1.807, 2.05) is 18.2 Å². The molecule has 124 valence electrons. The van der Waals surface area contributed by atoms with Gasteiger partial charge >= 0.3 is 0 Å². The van der Waals surface area contributed by atoms with Gasteiger partial charge in [-0.25, -0.2) is 0 Å². The van der Waals surface area contributed by atoms with Gasteiger partial charge in [-0.1, -0.05) is 26.0 Å². The highest BCUT2D eigenvalue weighted by Crippen LogP contribution is 2.11. The molecule has 0 atom stereocenters. The third-order valence-corrected chi connectivity index (χ3v) is 3.66. The van der Waals surface area contributed by atoms with E-state index in [1.54, 1.807) is 14.2 Å². The van der Waals surface area contributed by atoms with E-state index < -0.39 is 0 Å². The van der Waals surface area contributed by atoms with Crippen LogP contribution in [-0.4, -0.2) is 51.2 Å². The molecule has 1 rings (SSSR count). The van der Waals surface area contributed by atoms with Gasteiger partial charge in [0.15, 0.2) is 5.96 Å². The predicted molar refractivity (Wildman–Crippen MR) is 93.6 cm³/mol. The van der Waals surface area contributed by atoms with Crippen LogP contribution in [0.1, 0.15) is 25.8 Å². The van der Waals surface area contributed by atoms with Crippen LogP contribution in [0.3, 0.4) is 0 Å². The van der Waals surface area contributed by atoms with Gasteiger partial charge in [-0.3, -0.25) is 4.99 Å². The predicted octanol–water partition coefficient (Wildman–Crippen LogP) is 2.09. The van der Waals surface area contributed by atoms with Crippen molar-refractivity contribution in [3.8, 4) is 5.75 Å². The van der Waals surface area contributed by atoms with E-state index in [4.69, 9.17) is 4.74 Å². The molecule has 0 saturated heterocycles. The minimum atomic E-state index is 0.729. The molecule has 0 aliphatic carbocycles. The number of aliphatic imine (C=N–C) groups is 1. The quantitative estimate of drug-likeness (QED) is 0.417. The Bertz CT molecular complexity index is 444. The summed E-state index contributed by atoms with van der Waals surface area (Å²) in [5.74, 6) is 1.71. The SMILES string of the molecule is CCN(CC)CCCNC(=NC)NCc1cccc(OC)c1. The number of hydrogen-bond acceptors (Lipinski definition) is 3. The lowest BCUT2D eigenvalue weighted by molar-refractivity contribution is 0.300. The zero-order chi connectivity index (χ0) is 16.2. The number of methoxy groups -OCH3 is 1. The summed E-state index contributed by atoms with van der Waals surface area (Å²) in [5.41, 5.74) is 1.17. The van der Waals surface area contributed by atoms with Crippen LogP contribution in [-0.2, 0) is 6.54 Å². The molecule has 0 aromatic heterocycles. The van der Waals surface area contributed by atoms with Crippen molar-refractivity contribution in [2.75, 3.05) is 40.3 Å². The van der Waals surface area contributed by atoms with E-state index in [0.29, 0.717) is 0 Å². The van der Waals surface area contributed by atoms with E-state index >= 15 is 0 Å². The smallest absolute Gasteiger partial charge is 0.191 e. The average Bonchev–Trinajstić information content (AvgIpc) is 2.57. The van der Waals surface area contributed by atoms with Crippen molar-refractivity contribution in [3.63, 3.8) is 0 Å². The van der Waals surface area contributed by atoms with Gasteiger partial charge in [-0.2, -0.15) is 0 Å². The first-order chi connectivity index (χ1) is 10.7. The molecule has 0 unspecified atom stereocenters. The standard InChI is InChI=1S/C17H30N4O/c1-5-21(6-2)12-8-11-19-17(18-3)20-14-15-9-7-10-16(13-15)22-4/h7,9-10,13H,5-6,8,11-12,14H2,1-4H3,(H2,18,19,20). The van der Waals surface area contributed by atoms with Gasteiger partial charge in [-0.15, -0.1) is 0 Å². The minimum Gasteiger partial charge on any atom is -0.497 e. The maximum absolute atomic E-state index is 5.23. The van der Waals surface area contributed by atoms with E-state index in [0.717, 1.165) is 50.9 Å². The first kappa shape index (κ1) is 18.3. The van der Waals surface area contributed by atoms with Crippen molar-refractivity contribution < 1.29 is 4.74 Å². The first-order valence-electron chi connectivity index (χ1n) is 8.03. The summed E-state index contributed by atoms with van der Waals surface area (Å²) in [7, 11) is 3.48. The minimum absolute atomic E-state index is 0.729. The molecule has 2 N–H and O–H groups in total. The average molecular weight is 306 g/mol. The van der Waals surface area contributed by atoms with Crippen molar-refractivity contribution in [1.82, 2.24) is 15.5 Å². The van der Waals surface area contributed by atoms with Crippen molar-refractivity contribution in [1.29, 1.82) is 0 Å². The summed E-state index contributed by atoms with van der Waals surface area (Å²) in [6.07, 6.45) is 1.11. The third-order valence-electron chi connectivity index (χ3n) is 3.66. The number of ether oxygens (including phenoxy) is 1. The fraction of sp³-hybridized carbons (Fsp3) is 0.588. The van der Waals surface area contributed by atoms with Crippen molar-refractivity contribution in [3.05, 3.63) is 29.8 Å². The molecule has 5 nitrogen and oxygen atoms in total. The zero-order valence-electron chi connectivity index (χ0n) is 14.4. The summed E-state index contributed by atoms with van der Waals surface area (Å²) < 4.78 is 5.23. The Morgan fingerprint density at radius 3 is 2.64 bits per heavy atom. The van der Waals surface area contributed by atoms with Crippen LogP contribution in [0.25, 0.3) is 0 Å². The molecular weight excluding hydrogens is 276 g/mol. The second kappa shape index (κ2) is 10.9. The molecule has 0 amide bonds. The first-order valence-corrected chi connectivity index (χ1v) is 8.03. The Labute approximate surface area is 134 Å². The molecule has 0 saturated carbocycles.